The van der Waals surface area contributed by atoms with Crippen molar-refractivity contribution in [2.24, 2.45) is 0 Å². The summed E-state index contributed by atoms with van der Waals surface area (Å²) in [5, 5.41) is 0. The van der Waals surface area contributed by atoms with Gasteiger partial charge >= 0.3 is 5.97 Å². The normalized spacial score (nSPS) is 13.1. The van der Waals surface area contributed by atoms with Crippen molar-refractivity contribution >= 4 is 11.9 Å². The number of fused-ring (bicyclic) bond motifs is 1. The van der Waals surface area contributed by atoms with Crippen LogP contribution in [0.3, 0.4) is 0 Å². The summed E-state index contributed by atoms with van der Waals surface area (Å²) in [5.74, 6) is 0.769. The summed E-state index contributed by atoms with van der Waals surface area (Å²) < 4.78 is 15.9. The van der Waals surface area contributed by atoms with E-state index in [1.165, 1.54) is 0 Å². The summed E-state index contributed by atoms with van der Waals surface area (Å²) in [6, 6.07) is 15.3. The first-order valence-corrected chi connectivity index (χ1v) is 8.90. The number of benzene rings is 2. The molecule has 1 heterocycles. The van der Waals surface area contributed by atoms with Crippen molar-refractivity contribution in [3.8, 4) is 11.5 Å². The molecule has 3 rings (SSSR count). The molecule has 0 spiro atoms. The van der Waals surface area contributed by atoms with Crippen LogP contribution in [0.4, 0.5) is 0 Å². The number of likely N-dealkylation sites (N-methyl/N-ethyl adjacent to an activating group) is 1. The van der Waals surface area contributed by atoms with E-state index in [9.17, 15) is 9.59 Å². The number of rotatable bonds is 7. The van der Waals surface area contributed by atoms with Crippen LogP contribution in [-0.2, 0) is 27.3 Å². The number of carbonyl (C=O) groups excluding carboxylic acids is 2. The summed E-state index contributed by atoms with van der Waals surface area (Å²) in [5.41, 5.74) is 1.98. The molecule has 0 saturated carbocycles. The van der Waals surface area contributed by atoms with E-state index in [4.69, 9.17) is 14.2 Å². The largest absolute Gasteiger partial charge is 0.454 e. The van der Waals surface area contributed by atoms with Gasteiger partial charge in [-0.2, -0.15) is 0 Å². The van der Waals surface area contributed by atoms with E-state index < -0.39 is 12.1 Å². The molecule has 1 amide bonds. The lowest BCUT2D eigenvalue weighted by Crippen LogP contribution is -2.37. The maximum absolute atomic E-state index is 12.4. The summed E-state index contributed by atoms with van der Waals surface area (Å²) in [4.78, 5) is 26.1. The Hall–Kier alpha value is -3.02. The molecule has 0 fully saturated rings. The van der Waals surface area contributed by atoms with Crippen LogP contribution in [0.1, 0.15) is 24.5 Å². The molecule has 6 heteroatoms. The predicted octanol–water partition coefficient (Wildman–Crippen LogP) is 2.94. The molecule has 0 bridgehead atoms. The standard InChI is InChI=1S/C21H23NO5/c1-15(21(24)22(2)13-17-6-4-3-5-7-17)27-20(23)11-9-16-8-10-18-19(12-16)26-14-25-18/h3-8,10,12,15H,9,11,13-14H2,1-2H3. The van der Waals surface area contributed by atoms with Crippen LogP contribution >= 0.6 is 0 Å². The SMILES string of the molecule is CC(OC(=O)CCc1ccc2c(c1)OCO2)C(=O)N(C)Cc1ccccc1. The summed E-state index contributed by atoms with van der Waals surface area (Å²) >= 11 is 0. The van der Waals surface area contributed by atoms with Crippen LogP contribution in [0.15, 0.2) is 48.5 Å². The van der Waals surface area contributed by atoms with Crippen LogP contribution in [0.2, 0.25) is 0 Å². The number of hydrogen-bond donors (Lipinski definition) is 0. The van der Waals surface area contributed by atoms with Gasteiger partial charge in [0.2, 0.25) is 6.79 Å². The van der Waals surface area contributed by atoms with Crippen molar-refractivity contribution in [3.05, 3.63) is 59.7 Å². The number of aryl methyl sites for hydroxylation is 1. The number of ether oxygens (including phenoxy) is 3. The monoisotopic (exact) mass is 369 g/mol. The predicted molar refractivity (Wildman–Crippen MR) is 99.4 cm³/mol. The van der Waals surface area contributed by atoms with E-state index in [1.807, 2.05) is 48.5 Å². The Morgan fingerprint density at radius 3 is 2.59 bits per heavy atom. The number of esters is 1. The van der Waals surface area contributed by atoms with E-state index in [1.54, 1.807) is 18.9 Å². The smallest absolute Gasteiger partial charge is 0.306 e. The van der Waals surface area contributed by atoms with Gasteiger partial charge in [-0.1, -0.05) is 36.4 Å². The topological polar surface area (TPSA) is 65.1 Å². The highest BCUT2D eigenvalue weighted by molar-refractivity contribution is 5.83. The number of hydrogen-bond acceptors (Lipinski definition) is 5. The van der Waals surface area contributed by atoms with Gasteiger partial charge in [0.15, 0.2) is 17.6 Å². The Kier molecular flexibility index (Phi) is 5.96. The summed E-state index contributed by atoms with van der Waals surface area (Å²) in [6.07, 6.45) is -0.112. The molecule has 0 radical (unpaired) electrons. The first-order chi connectivity index (χ1) is 13.0. The van der Waals surface area contributed by atoms with Gasteiger partial charge in [0.05, 0.1) is 0 Å². The van der Waals surface area contributed by atoms with Gasteiger partial charge in [-0.05, 0) is 36.6 Å². The Morgan fingerprint density at radius 2 is 1.81 bits per heavy atom. The minimum absolute atomic E-state index is 0.194. The van der Waals surface area contributed by atoms with Crippen molar-refractivity contribution in [1.29, 1.82) is 0 Å². The molecule has 6 nitrogen and oxygen atoms in total. The highest BCUT2D eigenvalue weighted by Gasteiger charge is 2.21. The van der Waals surface area contributed by atoms with Crippen molar-refractivity contribution in [3.63, 3.8) is 0 Å². The molecule has 1 aliphatic rings. The van der Waals surface area contributed by atoms with E-state index in [0.717, 1.165) is 11.1 Å². The maximum atomic E-state index is 12.4. The van der Waals surface area contributed by atoms with Gasteiger partial charge in [0, 0.05) is 20.0 Å². The molecule has 1 unspecified atom stereocenters. The molecule has 2 aromatic rings. The van der Waals surface area contributed by atoms with Gasteiger partial charge in [-0.25, -0.2) is 0 Å². The molecule has 0 N–H and O–H groups in total. The highest BCUT2D eigenvalue weighted by atomic mass is 16.7. The third-order valence-corrected chi connectivity index (χ3v) is 4.35. The van der Waals surface area contributed by atoms with Gasteiger partial charge in [0.1, 0.15) is 0 Å². The third-order valence-electron chi connectivity index (χ3n) is 4.35. The first kappa shape index (κ1) is 18.8. The molecule has 142 valence electrons. The molecule has 0 aromatic heterocycles. The Labute approximate surface area is 158 Å². The third kappa shape index (κ3) is 5.00. The van der Waals surface area contributed by atoms with Crippen molar-refractivity contribution < 1.29 is 23.8 Å². The second-order valence-electron chi connectivity index (χ2n) is 6.50. The molecule has 1 aliphatic heterocycles. The van der Waals surface area contributed by atoms with E-state index in [0.29, 0.717) is 24.5 Å². The maximum Gasteiger partial charge on any atom is 0.306 e. The molecular weight excluding hydrogens is 346 g/mol. The molecular formula is C21H23NO5. The highest BCUT2D eigenvalue weighted by Crippen LogP contribution is 2.32. The van der Waals surface area contributed by atoms with E-state index in [-0.39, 0.29) is 19.1 Å². The lowest BCUT2D eigenvalue weighted by atomic mass is 10.1. The Morgan fingerprint density at radius 1 is 1.07 bits per heavy atom. The molecule has 27 heavy (non-hydrogen) atoms. The fourth-order valence-corrected chi connectivity index (χ4v) is 2.89. The zero-order valence-electron chi connectivity index (χ0n) is 15.5. The first-order valence-electron chi connectivity index (χ1n) is 8.90. The van der Waals surface area contributed by atoms with Crippen molar-refractivity contribution in [1.82, 2.24) is 4.90 Å². The fourth-order valence-electron chi connectivity index (χ4n) is 2.89. The lowest BCUT2D eigenvalue weighted by Gasteiger charge is -2.21. The molecule has 0 saturated heterocycles. The van der Waals surface area contributed by atoms with Gasteiger partial charge in [-0.3, -0.25) is 9.59 Å². The molecule has 2 aromatic carbocycles. The van der Waals surface area contributed by atoms with E-state index >= 15 is 0 Å². The zero-order chi connectivity index (χ0) is 19.2. The summed E-state index contributed by atoms with van der Waals surface area (Å²) in [6.45, 7) is 2.29. The van der Waals surface area contributed by atoms with Crippen LogP contribution < -0.4 is 9.47 Å². The van der Waals surface area contributed by atoms with Crippen LogP contribution in [0.5, 0.6) is 11.5 Å². The number of nitrogens with zero attached hydrogens (tertiary/aromatic N) is 1. The number of carbonyl (C=O) groups is 2. The summed E-state index contributed by atoms with van der Waals surface area (Å²) in [7, 11) is 1.70. The van der Waals surface area contributed by atoms with Crippen LogP contribution in [0, 0.1) is 0 Å². The second kappa shape index (κ2) is 8.58. The molecule has 1 atom stereocenters. The quantitative estimate of drug-likeness (QED) is 0.702. The van der Waals surface area contributed by atoms with E-state index in [2.05, 4.69) is 0 Å². The van der Waals surface area contributed by atoms with Crippen molar-refractivity contribution in [2.45, 2.75) is 32.4 Å². The Bertz CT molecular complexity index is 805. The second-order valence-corrected chi connectivity index (χ2v) is 6.50. The minimum atomic E-state index is -0.817. The lowest BCUT2D eigenvalue weighted by molar-refractivity contribution is -0.158. The molecule has 0 aliphatic carbocycles. The van der Waals surface area contributed by atoms with Gasteiger partial charge in [0.25, 0.3) is 5.91 Å². The average Bonchev–Trinajstić information content (AvgIpc) is 3.14. The number of amides is 1. The minimum Gasteiger partial charge on any atom is -0.454 e. The zero-order valence-corrected chi connectivity index (χ0v) is 15.5. The average molecular weight is 369 g/mol. The van der Waals surface area contributed by atoms with Gasteiger partial charge in [-0.15, -0.1) is 0 Å². The Balaban J connectivity index is 1.46. The van der Waals surface area contributed by atoms with Gasteiger partial charge < -0.3 is 19.1 Å². The van der Waals surface area contributed by atoms with Crippen LogP contribution in [0.25, 0.3) is 0 Å². The van der Waals surface area contributed by atoms with Crippen LogP contribution in [-0.4, -0.2) is 36.7 Å². The fraction of sp³-hybridized carbons (Fsp3) is 0.333. The van der Waals surface area contributed by atoms with Crippen molar-refractivity contribution in [2.75, 3.05) is 13.8 Å².